The van der Waals surface area contributed by atoms with Crippen molar-refractivity contribution >= 4 is 44.6 Å². The number of carbonyl (C=O) groups is 1. The van der Waals surface area contributed by atoms with E-state index in [1.807, 2.05) is 37.3 Å². The van der Waals surface area contributed by atoms with Gasteiger partial charge in [0.2, 0.25) is 11.8 Å². The summed E-state index contributed by atoms with van der Waals surface area (Å²) in [5.74, 6) is -1.50. The summed E-state index contributed by atoms with van der Waals surface area (Å²) in [4.78, 5) is 20.6. The Labute approximate surface area is 197 Å². The minimum Gasteiger partial charge on any atom is -0.493 e. The molecule has 0 saturated carbocycles. The zero-order valence-corrected chi connectivity index (χ0v) is 20.3. The minimum absolute atomic E-state index is 0.0938. The van der Waals surface area contributed by atoms with E-state index in [1.54, 1.807) is 0 Å². The second-order valence-electron chi connectivity index (χ2n) is 7.84. The summed E-state index contributed by atoms with van der Waals surface area (Å²) in [6.07, 6.45) is 1.53. The van der Waals surface area contributed by atoms with Crippen LogP contribution in [0.4, 0.5) is 11.4 Å². The molecule has 182 valence electrons. The second kappa shape index (κ2) is 9.55. The number of carbonyl (C=O) groups excluding carboxylic acids is 1. The SMILES string of the molecule is CCC(Nc1c(O)[nH]c(O)c1N=C1/C(=N/S(C)(=O)=O)C(C(=O)N(C)C)=NN1C)c1ccccc1. The number of aromatic hydroxyl groups is 2. The van der Waals surface area contributed by atoms with E-state index in [1.165, 1.54) is 31.1 Å². The number of sulfonamides is 1. The normalized spacial score (nSPS) is 17.2. The van der Waals surface area contributed by atoms with Crippen LogP contribution >= 0.6 is 0 Å². The van der Waals surface area contributed by atoms with Gasteiger partial charge in [0.15, 0.2) is 22.9 Å². The number of hydrazone groups is 1. The molecule has 1 unspecified atom stereocenters. The lowest BCUT2D eigenvalue weighted by Gasteiger charge is -2.19. The standard InChI is InChI=1S/C21H27N7O5S/c1-6-13(12-10-8-7-9-11-12)22-15-16(20(30)24-19(15)29)23-18-14(26-34(5,32)33)17(25-28(18)4)21(31)27(2)3/h7-11,13,22,24,29-30H,6H2,1-5H3/b23-18?,26-14+. The third kappa shape index (κ3) is 5.20. The molecular weight excluding hydrogens is 462 g/mol. The van der Waals surface area contributed by atoms with Crippen molar-refractivity contribution in [2.75, 3.05) is 32.7 Å². The zero-order chi connectivity index (χ0) is 25.2. The number of aromatic amines is 1. The molecule has 4 N–H and O–H groups in total. The van der Waals surface area contributed by atoms with Crippen molar-refractivity contribution < 1.29 is 23.4 Å². The maximum absolute atomic E-state index is 12.6. The van der Waals surface area contributed by atoms with Crippen LogP contribution in [-0.4, -0.2) is 84.1 Å². The van der Waals surface area contributed by atoms with Crippen LogP contribution in [0.3, 0.4) is 0 Å². The van der Waals surface area contributed by atoms with Crippen LogP contribution in [0.15, 0.2) is 44.8 Å². The third-order valence-electron chi connectivity index (χ3n) is 4.94. The Morgan fingerprint density at radius 1 is 1.24 bits per heavy atom. The number of nitrogens with zero attached hydrogens (tertiary/aromatic N) is 5. The fourth-order valence-electron chi connectivity index (χ4n) is 3.33. The molecule has 1 atom stereocenters. The number of amidine groups is 1. The highest BCUT2D eigenvalue weighted by molar-refractivity contribution is 7.89. The molecule has 0 radical (unpaired) electrons. The quantitative estimate of drug-likeness (QED) is 0.461. The zero-order valence-electron chi connectivity index (χ0n) is 19.4. The number of aliphatic imine (C=N–C) groups is 1. The fourth-order valence-corrected chi connectivity index (χ4v) is 3.83. The van der Waals surface area contributed by atoms with Gasteiger partial charge in [-0.2, -0.15) is 9.50 Å². The molecule has 12 nitrogen and oxygen atoms in total. The summed E-state index contributed by atoms with van der Waals surface area (Å²) >= 11 is 0. The Morgan fingerprint density at radius 3 is 2.44 bits per heavy atom. The van der Waals surface area contributed by atoms with Gasteiger partial charge in [0, 0.05) is 21.1 Å². The van der Waals surface area contributed by atoms with Crippen molar-refractivity contribution in [3.63, 3.8) is 0 Å². The molecule has 3 rings (SSSR count). The van der Waals surface area contributed by atoms with Gasteiger partial charge in [-0.15, -0.1) is 0 Å². The summed E-state index contributed by atoms with van der Waals surface area (Å²) < 4.78 is 27.6. The summed E-state index contributed by atoms with van der Waals surface area (Å²) in [6, 6.07) is 9.27. The molecule has 2 heterocycles. The lowest BCUT2D eigenvalue weighted by Crippen LogP contribution is -2.36. The van der Waals surface area contributed by atoms with Gasteiger partial charge in [-0.05, 0) is 12.0 Å². The number of amides is 1. The summed E-state index contributed by atoms with van der Waals surface area (Å²) in [7, 11) is 0.513. The Morgan fingerprint density at radius 2 is 1.88 bits per heavy atom. The van der Waals surface area contributed by atoms with Gasteiger partial charge < -0.3 is 20.4 Å². The van der Waals surface area contributed by atoms with E-state index in [0.29, 0.717) is 6.42 Å². The Hall–Kier alpha value is -3.87. The van der Waals surface area contributed by atoms with Crippen LogP contribution in [-0.2, 0) is 14.8 Å². The summed E-state index contributed by atoms with van der Waals surface area (Å²) in [5, 5.41) is 29.3. The summed E-state index contributed by atoms with van der Waals surface area (Å²) in [6.45, 7) is 1.95. The molecular formula is C21H27N7O5S. The van der Waals surface area contributed by atoms with E-state index in [0.717, 1.165) is 11.8 Å². The van der Waals surface area contributed by atoms with Crippen molar-refractivity contribution in [1.29, 1.82) is 0 Å². The van der Waals surface area contributed by atoms with E-state index in [-0.39, 0.29) is 40.6 Å². The predicted molar refractivity (Wildman–Crippen MR) is 130 cm³/mol. The fraction of sp³-hybridized carbons (Fsp3) is 0.333. The average Bonchev–Trinajstić information content (AvgIpc) is 3.20. The predicted octanol–water partition coefficient (Wildman–Crippen LogP) is 1.81. The molecule has 13 heteroatoms. The molecule has 0 bridgehead atoms. The number of rotatable bonds is 7. The first-order chi connectivity index (χ1) is 15.9. The topological polar surface area (TPSA) is 163 Å². The van der Waals surface area contributed by atoms with Crippen LogP contribution in [0.5, 0.6) is 11.8 Å². The first-order valence-electron chi connectivity index (χ1n) is 10.3. The van der Waals surface area contributed by atoms with Crippen molar-refractivity contribution in [3.8, 4) is 11.8 Å². The van der Waals surface area contributed by atoms with E-state index in [2.05, 4.69) is 24.8 Å². The van der Waals surface area contributed by atoms with Gasteiger partial charge in [0.05, 0.1) is 12.3 Å². The molecule has 0 spiro atoms. The van der Waals surface area contributed by atoms with Gasteiger partial charge in [-0.3, -0.25) is 9.78 Å². The van der Waals surface area contributed by atoms with Crippen LogP contribution in [0.1, 0.15) is 24.9 Å². The maximum Gasteiger partial charge on any atom is 0.276 e. The van der Waals surface area contributed by atoms with Crippen LogP contribution in [0.25, 0.3) is 0 Å². The molecule has 1 aliphatic rings. The second-order valence-corrected chi connectivity index (χ2v) is 9.49. The Bertz CT molecular complexity index is 1280. The van der Waals surface area contributed by atoms with Gasteiger partial charge in [0.25, 0.3) is 15.9 Å². The van der Waals surface area contributed by atoms with Gasteiger partial charge in [0.1, 0.15) is 5.69 Å². The van der Waals surface area contributed by atoms with E-state index < -0.39 is 21.8 Å². The first kappa shape index (κ1) is 24.8. The van der Waals surface area contributed by atoms with Crippen molar-refractivity contribution in [2.24, 2.45) is 14.5 Å². The molecule has 1 aliphatic heterocycles. The maximum atomic E-state index is 12.6. The molecule has 1 amide bonds. The Kier molecular flexibility index (Phi) is 6.96. The first-order valence-corrected chi connectivity index (χ1v) is 12.2. The van der Waals surface area contributed by atoms with Gasteiger partial charge in [-0.1, -0.05) is 37.3 Å². The number of hydrogen-bond donors (Lipinski definition) is 4. The van der Waals surface area contributed by atoms with Gasteiger partial charge >= 0.3 is 0 Å². The van der Waals surface area contributed by atoms with E-state index in [9.17, 15) is 23.4 Å². The molecule has 1 aromatic heterocycles. The number of benzene rings is 1. The molecule has 1 aromatic carbocycles. The highest BCUT2D eigenvalue weighted by atomic mass is 32.2. The number of H-pyrrole nitrogens is 1. The van der Waals surface area contributed by atoms with Crippen LogP contribution < -0.4 is 5.32 Å². The van der Waals surface area contributed by atoms with Crippen molar-refractivity contribution in [1.82, 2.24) is 14.9 Å². The average molecular weight is 490 g/mol. The minimum atomic E-state index is -3.93. The molecule has 0 aliphatic carbocycles. The molecule has 2 aromatic rings. The van der Waals surface area contributed by atoms with Crippen molar-refractivity contribution in [2.45, 2.75) is 19.4 Å². The van der Waals surface area contributed by atoms with Crippen LogP contribution in [0, 0.1) is 0 Å². The van der Waals surface area contributed by atoms with E-state index in [4.69, 9.17) is 0 Å². The summed E-state index contributed by atoms with van der Waals surface area (Å²) in [5.41, 5.74) is 0.457. The van der Waals surface area contributed by atoms with Crippen LogP contribution in [0.2, 0.25) is 0 Å². The van der Waals surface area contributed by atoms with E-state index >= 15 is 0 Å². The number of aromatic nitrogens is 1. The highest BCUT2D eigenvalue weighted by Gasteiger charge is 2.35. The number of hydrogen-bond acceptors (Lipinski definition) is 8. The lowest BCUT2D eigenvalue weighted by molar-refractivity contribution is -0.121. The highest BCUT2D eigenvalue weighted by Crippen LogP contribution is 2.44. The van der Waals surface area contributed by atoms with Gasteiger partial charge in [-0.25, -0.2) is 18.4 Å². The third-order valence-corrected chi connectivity index (χ3v) is 5.45. The Balaban J connectivity index is 2.11. The monoisotopic (exact) mass is 489 g/mol. The smallest absolute Gasteiger partial charge is 0.276 e. The number of nitrogens with one attached hydrogen (secondary N) is 2. The van der Waals surface area contributed by atoms with Crippen molar-refractivity contribution in [3.05, 3.63) is 35.9 Å². The molecule has 0 saturated heterocycles. The largest absolute Gasteiger partial charge is 0.493 e. The lowest BCUT2D eigenvalue weighted by atomic mass is 10.0. The number of anilines is 1. The molecule has 0 fully saturated rings. The molecule has 34 heavy (non-hydrogen) atoms.